The Kier molecular flexibility index (Phi) is 6.87. The zero-order valence-corrected chi connectivity index (χ0v) is 15.5. The summed E-state index contributed by atoms with van der Waals surface area (Å²) in [6.45, 7) is 5.33. The van der Waals surface area contributed by atoms with Gasteiger partial charge >= 0.3 is 0 Å². The molecular formula is C18H25FN4O2S. The minimum Gasteiger partial charge on any atom is -0.353 e. The van der Waals surface area contributed by atoms with Crippen molar-refractivity contribution in [3.63, 3.8) is 0 Å². The molecule has 26 heavy (non-hydrogen) atoms. The van der Waals surface area contributed by atoms with Gasteiger partial charge in [0.05, 0.1) is 5.25 Å². The first-order chi connectivity index (χ1) is 12.6. The lowest BCUT2D eigenvalue weighted by Crippen LogP contribution is -2.55. The molecule has 1 aromatic carbocycles. The Hall–Kier alpha value is -1.64. The molecule has 0 spiro atoms. The van der Waals surface area contributed by atoms with Crippen LogP contribution in [0.4, 0.5) is 4.39 Å². The highest BCUT2D eigenvalue weighted by Crippen LogP contribution is 2.23. The van der Waals surface area contributed by atoms with E-state index in [2.05, 4.69) is 20.9 Å². The first-order valence-electron chi connectivity index (χ1n) is 8.99. The van der Waals surface area contributed by atoms with E-state index in [1.807, 2.05) is 0 Å². The van der Waals surface area contributed by atoms with E-state index in [1.165, 1.54) is 17.8 Å². The highest BCUT2D eigenvalue weighted by atomic mass is 32.2. The van der Waals surface area contributed by atoms with Gasteiger partial charge in [0.1, 0.15) is 11.9 Å². The average molecular weight is 380 g/mol. The first-order valence-corrected chi connectivity index (χ1v) is 10.0. The summed E-state index contributed by atoms with van der Waals surface area (Å²) < 4.78 is 13.8. The number of hydrogen-bond acceptors (Lipinski definition) is 5. The van der Waals surface area contributed by atoms with Crippen LogP contribution in [0.3, 0.4) is 0 Å². The summed E-state index contributed by atoms with van der Waals surface area (Å²) in [4.78, 5) is 26.9. The van der Waals surface area contributed by atoms with Crippen LogP contribution in [0.15, 0.2) is 24.3 Å². The molecule has 2 fully saturated rings. The molecule has 0 saturated carbocycles. The lowest BCUT2D eigenvalue weighted by atomic mass is 10.1. The molecule has 1 aromatic rings. The van der Waals surface area contributed by atoms with E-state index in [-0.39, 0.29) is 22.9 Å². The number of amides is 2. The molecule has 2 aliphatic rings. The predicted octanol–water partition coefficient (Wildman–Crippen LogP) is -0.0102. The second-order valence-electron chi connectivity index (χ2n) is 6.56. The van der Waals surface area contributed by atoms with Gasteiger partial charge in [-0.1, -0.05) is 18.2 Å². The van der Waals surface area contributed by atoms with Crippen molar-refractivity contribution in [3.05, 3.63) is 35.6 Å². The topological polar surface area (TPSA) is 73.5 Å². The number of piperazine rings is 1. The fraction of sp³-hybridized carbons (Fsp3) is 0.556. The van der Waals surface area contributed by atoms with Gasteiger partial charge in [-0.2, -0.15) is 0 Å². The Morgan fingerprint density at radius 1 is 1.31 bits per heavy atom. The van der Waals surface area contributed by atoms with E-state index < -0.39 is 6.04 Å². The summed E-state index contributed by atoms with van der Waals surface area (Å²) in [5, 5.41) is 8.61. The molecule has 0 bridgehead atoms. The van der Waals surface area contributed by atoms with Gasteiger partial charge in [-0.25, -0.2) is 4.39 Å². The molecule has 2 atom stereocenters. The van der Waals surface area contributed by atoms with Crippen molar-refractivity contribution in [2.45, 2.75) is 17.7 Å². The largest absolute Gasteiger partial charge is 0.353 e. The molecule has 142 valence electrons. The number of hydrogen-bond donors (Lipinski definition) is 3. The van der Waals surface area contributed by atoms with E-state index in [0.717, 1.165) is 32.7 Å². The molecule has 0 radical (unpaired) electrons. The Bertz CT molecular complexity index is 639. The highest BCUT2D eigenvalue weighted by molar-refractivity contribution is 8.00. The zero-order chi connectivity index (χ0) is 18.4. The molecule has 2 aliphatic heterocycles. The molecule has 2 amide bonds. The molecule has 0 aromatic heterocycles. The first kappa shape index (κ1) is 19.1. The van der Waals surface area contributed by atoms with Crippen LogP contribution in [-0.2, 0) is 16.0 Å². The molecule has 2 saturated heterocycles. The van der Waals surface area contributed by atoms with Crippen LogP contribution in [0.1, 0.15) is 5.56 Å². The lowest BCUT2D eigenvalue weighted by molar-refractivity contribution is -0.128. The number of rotatable bonds is 6. The van der Waals surface area contributed by atoms with Gasteiger partial charge in [0.2, 0.25) is 11.8 Å². The molecule has 2 unspecified atom stereocenters. The van der Waals surface area contributed by atoms with Gasteiger partial charge in [-0.3, -0.25) is 14.5 Å². The number of halogens is 1. The second kappa shape index (κ2) is 9.34. The molecule has 8 heteroatoms. The SMILES string of the molecule is O=C(NCCN1CCNCC1)C1CSC(Cc2ccccc2F)C(=O)N1. The van der Waals surface area contributed by atoms with Crippen LogP contribution in [0, 0.1) is 5.82 Å². The maximum atomic E-state index is 13.8. The van der Waals surface area contributed by atoms with Crippen molar-refractivity contribution in [2.24, 2.45) is 0 Å². The third-order valence-electron chi connectivity index (χ3n) is 4.69. The summed E-state index contributed by atoms with van der Waals surface area (Å²) in [7, 11) is 0. The Morgan fingerprint density at radius 3 is 2.81 bits per heavy atom. The fourth-order valence-corrected chi connectivity index (χ4v) is 4.32. The number of carbonyl (C=O) groups excluding carboxylic acids is 2. The number of thioether (sulfide) groups is 1. The van der Waals surface area contributed by atoms with E-state index in [1.54, 1.807) is 18.2 Å². The predicted molar refractivity (Wildman–Crippen MR) is 101 cm³/mol. The average Bonchev–Trinajstić information content (AvgIpc) is 2.66. The van der Waals surface area contributed by atoms with Crippen molar-refractivity contribution >= 4 is 23.6 Å². The fourth-order valence-electron chi connectivity index (χ4n) is 3.15. The monoisotopic (exact) mass is 380 g/mol. The van der Waals surface area contributed by atoms with Crippen molar-refractivity contribution < 1.29 is 14.0 Å². The smallest absolute Gasteiger partial charge is 0.243 e. The van der Waals surface area contributed by atoms with Gasteiger partial charge in [0.25, 0.3) is 0 Å². The normalized spacial score (nSPS) is 24.1. The third-order valence-corrected chi connectivity index (χ3v) is 6.00. The quantitative estimate of drug-likeness (QED) is 0.648. The Morgan fingerprint density at radius 2 is 2.08 bits per heavy atom. The van der Waals surface area contributed by atoms with Crippen molar-refractivity contribution in [1.82, 2.24) is 20.9 Å². The van der Waals surface area contributed by atoms with Crippen molar-refractivity contribution in [2.75, 3.05) is 45.0 Å². The van der Waals surface area contributed by atoms with Gasteiger partial charge in [-0.15, -0.1) is 11.8 Å². The van der Waals surface area contributed by atoms with E-state index in [9.17, 15) is 14.0 Å². The second-order valence-corrected chi connectivity index (χ2v) is 7.80. The van der Waals surface area contributed by atoms with E-state index in [4.69, 9.17) is 0 Å². The summed E-state index contributed by atoms with van der Waals surface area (Å²) >= 11 is 1.41. The molecular weight excluding hydrogens is 355 g/mol. The lowest BCUT2D eigenvalue weighted by Gasteiger charge is -2.29. The third kappa shape index (κ3) is 5.18. The van der Waals surface area contributed by atoms with Crippen LogP contribution < -0.4 is 16.0 Å². The number of nitrogens with zero attached hydrogens (tertiary/aromatic N) is 1. The van der Waals surface area contributed by atoms with Crippen LogP contribution in [0.25, 0.3) is 0 Å². The maximum absolute atomic E-state index is 13.8. The Balaban J connectivity index is 1.42. The van der Waals surface area contributed by atoms with Gasteiger partial charge in [-0.05, 0) is 18.1 Å². The summed E-state index contributed by atoms with van der Waals surface area (Å²) in [5.74, 6) is -0.143. The Labute approximate surface area is 157 Å². The van der Waals surface area contributed by atoms with Crippen molar-refractivity contribution in [3.8, 4) is 0 Å². The minimum absolute atomic E-state index is 0.148. The van der Waals surface area contributed by atoms with Crippen LogP contribution in [-0.4, -0.2) is 73.0 Å². The van der Waals surface area contributed by atoms with E-state index in [0.29, 0.717) is 24.3 Å². The molecule has 2 heterocycles. The van der Waals surface area contributed by atoms with Crippen LogP contribution in [0.2, 0.25) is 0 Å². The summed E-state index contributed by atoms with van der Waals surface area (Å²) in [6, 6.07) is 5.96. The van der Waals surface area contributed by atoms with E-state index >= 15 is 0 Å². The molecule has 3 rings (SSSR count). The molecule has 0 aliphatic carbocycles. The summed E-state index contributed by atoms with van der Waals surface area (Å²) in [5.41, 5.74) is 0.527. The number of nitrogens with one attached hydrogen (secondary N) is 3. The number of carbonyl (C=O) groups is 2. The summed E-state index contributed by atoms with van der Waals surface area (Å²) in [6.07, 6.45) is 0.334. The standard InChI is InChI=1S/C18H25FN4O2S/c19-14-4-2-1-3-13(14)11-16-18(25)22-15(12-26-16)17(24)21-7-10-23-8-5-20-6-9-23/h1-4,15-16,20H,5-12H2,(H,21,24)(H,22,25). The zero-order valence-electron chi connectivity index (χ0n) is 14.7. The maximum Gasteiger partial charge on any atom is 0.243 e. The van der Waals surface area contributed by atoms with Gasteiger partial charge < -0.3 is 16.0 Å². The van der Waals surface area contributed by atoms with Gasteiger partial charge in [0.15, 0.2) is 0 Å². The van der Waals surface area contributed by atoms with Crippen molar-refractivity contribution in [1.29, 1.82) is 0 Å². The molecule has 6 nitrogen and oxygen atoms in total. The number of benzene rings is 1. The molecule has 3 N–H and O–H groups in total. The highest BCUT2D eigenvalue weighted by Gasteiger charge is 2.32. The van der Waals surface area contributed by atoms with Crippen LogP contribution in [0.5, 0.6) is 0 Å². The van der Waals surface area contributed by atoms with Gasteiger partial charge in [0, 0.05) is 45.0 Å². The van der Waals surface area contributed by atoms with Crippen LogP contribution >= 0.6 is 11.8 Å². The minimum atomic E-state index is -0.521.